The molecular weight excluding hydrogens is 400 g/mol. The van der Waals surface area contributed by atoms with Gasteiger partial charge in [-0.1, -0.05) is 29.0 Å². The van der Waals surface area contributed by atoms with E-state index in [1.54, 1.807) is 4.90 Å². The van der Waals surface area contributed by atoms with Gasteiger partial charge < -0.3 is 4.74 Å². The second-order valence-electron chi connectivity index (χ2n) is 6.63. The van der Waals surface area contributed by atoms with Crippen molar-refractivity contribution in [3.8, 4) is 0 Å². The lowest BCUT2D eigenvalue weighted by Gasteiger charge is -2.29. The first kappa shape index (κ1) is 19.3. The van der Waals surface area contributed by atoms with E-state index in [0.29, 0.717) is 16.7 Å². The maximum absolute atomic E-state index is 13.1. The van der Waals surface area contributed by atoms with Crippen LogP contribution in [-0.4, -0.2) is 69.9 Å². The molecule has 2 aromatic heterocycles. The number of rotatable bonds is 6. The maximum atomic E-state index is 13.1. The summed E-state index contributed by atoms with van der Waals surface area (Å²) in [5, 5.41) is 5.36. The number of ether oxygens (including phenoxy) is 1. The number of amides is 1. The number of thiazole rings is 1. The number of aromatic nitrogens is 4. The standard InChI is InChI=1S/C18H21ClN6O2S/c1-13-2-3-14(19)17-16(13)22-18(28-17)25(5-4-23-6-8-27-9-7-23)15(26)10-24-12-20-11-21-24/h2-3,11-12H,4-10H2,1H3. The first-order valence-corrected chi connectivity index (χ1v) is 10.3. The van der Waals surface area contributed by atoms with Gasteiger partial charge in [0.1, 0.15) is 19.2 Å². The van der Waals surface area contributed by atoms with Crippen LogP contribution in [0.4, 0.5) is 5.13 Å². The van der Waals surface area contributed by atoms with Crippen molar-refractivity contribution in [2.45, 2.75) is 13.5 Å². The molecule has 0 bridgehead atoms. The Hall–Kier alpha value is -2.07. The Balaban J connectivity index is 1.60. The van der Waals surface area contributed by atoms with Gasteiger partial charge in [0.15, 0.2) is 5.13 Å². The van der Waals surface area contributed by atoms with Gasteiger partial charge in [0, 0.05) is 26.2 Å². The smallest absolute Gasteiger partial charge is 0.250 e. The number of nitrogens with zero attached hydrogens (tertiary/aromatic N) is 6. The van der Waals surface area contributed by atoms with Crippen LogP contribution in [0, 0.1) is 6.92 Å². The number of benzene rings is 1. The molecule has 0 unspecified atom stereocenters. The lowest BCUT2D eigenvalue weighted by molar-refractivity contribution is -0.119. The highest BCUT2D eigenvalue weighted by molar-refractivity contribution is 7.23. The molecule has 0 saturated carbocycles. The van der Waals surface area contributed by atoms with Gasteiger partial charge in [-0.3, -0.25) is 14.6 Å². The zero-order valence-electron chi connectivity index (χ0n) is 15.5. The molecule has 1 aliphatic rings. The van der Waals surface area contributed by atoms with E-state index in [-0.39, 0.29) is 12.5 Å². The average Bonchev–Trinajstić information content (AvgIpc) is 3.36. The minimum Gasteiger partial charge on any atom is -0.379 e. The summed E-state index contributed by atoms with van der Waals surface area (Å²) < 4.78 is 7.84. The van der Waals surface area contributed by atoms with E-state index >= 15 is 0 Å². The molecule has 0 N–H and O–H groups in total. The minimum absolute atomic E-state index is 0.0772. The predicted molar refractivity (Wildman–Crippen MR) is 109 cm³/mol. The summed E-state index contributed by atoms with van der Waals surface area (Å²) >= 11 is 7.81. The summed E-state index contributed by atoms with van der Waals surface area (Å²) in [6, 6.07) is 3.82. The van der Waals surface area contributed by atoms with Crippen molar-refractivity contribution >= 4 is 44.2 Å². The number of anilines is 1. The van der Waals surface area contributed by atoms with Crippen molar-refractivity contribution in [1.29, 1.82) is 0 Å². The monoisotopic (exact) mass is 420 g/mol. The van der Waals surface area contributed by atoms with Gasteiger partial charge in [-0.15, -0.1) is 0 Å². The number of carbonyl (C=O) groups is 1. The summed E-state index contributed by atoms with van der Waals surface area (Å²) in [6.07, 6.45) is 2.96. The van der Waals surface area contributed by atoms with Crippen LogP contribution in [-0.2, 0) is 16.1 Å². The zero-order chi connectivity index (χ0) is 19.5. The first-order valence-electron chi connectivity index (χ1n) is 9.10. The number of halogens is 1. The van der Waals surface area contributed by atoms with Gasteiger partial charge in [-0.25, -0.2) is 14.6 Å². The quantitative estimate of drug-likeness (QED) is 0.608. The molecule has 1 amide bonds. The van der Waals surface area contributed by atoms with Crippen LogP contribution in [0.1, 0.15) is 5.56 Å². The van der Waals surface area contributed by atoms with Crippen molar-refractivity contribution in [2.75, 3.05) is 44.3 Å². The summed E-state index contributed by atoms with van der Waals surface area (Å²) in [6.45, 7) is 6.61. The number of morpholine rings is 1. The SMILES string of the molecule is Cc1ccc(Cl)c2sc(N(CCN3CCOCC3)C(=O)Cn3cncn3)nc12. The third-order valence-corrected chi connectivity index (χ3v) is 6.26. The normalized spacial score (nSPS) is 15.2. The average molecular weight is 421 g/mol. The van der Waals surface area contributed by atoms with Crippen LogP contribution in [0.15, 0.2) is 24.8 Å². The summed E-state index contributed by atoms with van der Waals surface area (Å²) in [4.78, 5) is 25.7. The van der Waals surface area contributed by atoms with E-state index in [0.717, 1.165) is 48.6 Å². The largest absolute Gasteiger partial charge is 0.379 e. The highest BCUT2D eigenvalue weighted by Gasteiger charge is 2.23. The van der Waals surface area contributed by atoms with Crippen molar-refractivity contribution in [1.82, 2.24) is 24.6 Å². The molecule has 148 valence electrons. The molecule has 3 heterocycles. The van der Waals surface area contributed by atoms with Crippen LogP contribution < -0.4 is 4.90 Å². The number of hydrogen-bond acceptors (Lipinski definition) is 7. The summed E-state index contributed by atoms with van der Waals surface area (Å²) in [5.74, 6) is -0.0772. The molecule has 1 aliphatic heterocycles. The van der Waals surface area contributed by atoms with Crippen molar-refractivity contribution < 1.29 is 9.53 Å². The predicted octanol–water partition coefficient (Wildman–Crippen LogP) is 2.22. The van der Waals surface area contributed by atoms with Gasteiger partial charge in [0.2, 0.25) is 0 Å². The molecule has 0 radical (unpaired) electrons. The molecule has 10 heteroatoms. The number of aryl methyl sites for hydroxylation is 1. The lowest BCUT2D eigenvalue weighted by Crippen LogP contribution is -2.44. The van der Waals surface area contributed by atoms with Crippen LogP contribution in [0.2, 0.25) is 5.02 Å². The Bertz CT molecular complexity index is 916. The molecule has 0 aliphatic carbocycles. The molecule has 1 fully saturated rings. The van der Waals surface area contributed by atoms with Crippen molar-refractivity contribution in [2.24, 2.45) is 0 Å². The number of carbonyl (C=O) groups excluding carboxylic acids is 1. The molecule has 28 heavy (non-hydrogen) atoms. The second-order valence-corrected chi connectivity index (χ2v) is 8.02. The Morgan fingerprint density at radius 1 is 1.36 bits per heavy atom. The van der Waals surface area contributed by atoms with E-state index < -0.39 is 0 Å². The topological polar surface area (TPSA) is 76.4 Å². The Morgan fingerprint density at radius 3 is 2.89 bits per heavy atom. The van der Waals surface area contributed by atoms with Crippen molar-refractivity contribution in [3.05, 3.63) is 35.4 Å². The Kier molecular flexibility index (Phi) is 5.86. The molecular formula is C18H21ClN6O2S. The molecule has 0 spiro atoms. The molecule has 3 aromatic rings. The molecule has 0 atom stereocenters. The highest BCUT2D eigenvalue weighted by Crippen LogP contribution is 2.35. The highest BCUT2D eigenvalue weighted by atomic mass is 35.5. The third-order valence-electron chi connectivity index (χ3n) is 4.73. The van der Waals surface area contributed by atoms with Crippen LogP contribution in [0.3, 0.4) is 0 Å². The molecule has 1 aromatic carbocycles. The van der Waals surface area contributed by atoms with Gasteiger partial charge in [0.05, 0.1) is 28.5 Å². The van der Waals surface area contributed by atoms with E-state index in [1.807, 2.05) is 19.1 Å². The molecule has 4 rings (SSSR count). The van der Waals surface area contributed by atoms with E-state index in [4.69, 9.17) is 21.3 Å². The minimum atomic E-state index is -0.0772. The van der Waals surface area contributed by atoms with Crippen LogP contribution in [0.5, 0.6) is 0 Å². The molecule has 8 nitrogen and oxygen atoms in total. The van der Waals surface area contributed by atoms with Gasteiger partial charge >= 0.3 is 0 Å². The van der Waals surface area contributed by atoms with E-state index in [1.165, 1.54) is 28.7 Å². The van der Waals surface area contributed by atoms with E-state index in [9.17, 15) is 4.79 Å². The number of hydrogen-bond donors (Lipinski definition) is 0. The van der Waals surface area contributed by atoms with E-state index in [2.05, 4.69) is 15.0 Å². The van der Waals surface area contributed by atoms with Crippen molar-refractivity contribution in [3.63, 3.8) is 0 Å². The second kappa shape index (κ2) is 8.52. The van der Waals surface area contributed by atoms with Gasteiger partial charge in [-0.2, -0.15) is 5.10 Å². The fourth-order valence-electron chi connectivity index (χ4n) is 3.14. The van der Waals surface area contributed by atoms with Gasteiger partial charge in [0.25, 0.3) is 5.91 Å². The first-order chi connectivity index (χ1) is 13.6. The fraction of sp³-hybridized carbons (Fsp3) is 0.444. The lowest BCUT2D eigenvalue weighted by atomic mass is 10.2. The van der Waals surface area contributed by atoms with Gasteiger partial charge in [-0.05, 0) is 18.6 Å². The Morgan fingerprint density at radius 2 is 2.18 bits per heavy atom. The summed E-state index contributed by atoms with van der Waals surface area (Å²) in [7, 11) is 0. The summed E-state index contributed by atoms with van der Waals surface area (Å²) in [5.41, 5.74) is 1.89. The van der Waals surface area contributed by atoms with Crippen LogP contribution >= 0.6 is 22.9 Å². The Labute approximate surface area is 171 Å². The van der Waals surface area contributed by atoms with Crippen LogP contribution in [0.25, 0.3) is 10.2 Å². The molecule has 1 saturated heterocycles. The fourth-order valence-corrected chi connectivity index (χ4v) is 4.50. The third kappa shape index (κ3) is 4.17. The number of fused-ring (bicyclic) bond motifs is 1. The maximum Gasteiger partial charge on any atom is 0.250 e. The zero-order valence-corrected chi connectivity index (χ0v) is 17.1.